The predicted molar refractivity (Wildman–Crippen MR) is 87.5 cm³/mol. The summed E-state index contributed by atoms with van der Waals surface area (Å²) in [4.78, 5) is 9.39. The summed E-state index contributed by atoms with van der Waals surface area (Å²) in [6.07, 6.45) is 7.55. The molecule has 0 saturated heterocycles. The summed E-state index contributed by atoms with van der Waals surface area (Å²) in [6.45, 7) is 2.73. The summed E-state index contributed by atoms with van der Waals surface area (Å²) in [7, 11) is 0. The SMILES string of the molecule is CCOC(c1nc(N)c(I)c(C2CCCC2)n1)C1CC1. The van der Waals surface area contributed by atoms with Crippen molar-refractivity contribution in [3.63, 3.8) is 0 Å². The molecule has 1 unspecified atom stereocenters. The van der Waals surface area contributed by atoms with E-state index >= 15 is 0 Å². The Morgan fingerprint density at radius 1 is 1.25 bits per heavy atom. The van der Waals surface area contributed by atoms with Crippen LogP contribution in [-0.4, -0.2) is 16.6 Å². The van der Waals surface area contributed by atoms with Crippen molar-refractivity contribution in [2.45, 2.75) is 57.5 Å². The number of nitrogen functional groups attached to an aromatic ring is 1. The van der Waals surface area contributed by atoms with Gasteiger partial charge in [-0.15, -0.1) is 0 Å². The first kappa shape index (κ1) is 14.5. The van der Waals surface area contributed by atoms with Crippen LogP contribution in [0.15, 0.2) is 0 Å². The van der Waals surface area contributed by atoms with Gasteiger partial charge in [0, 0.05) is 12.5 Å². The van der Waals surface area contributed by atoms with E-state index in [-0.39, 0.29) is 6.10 Å². The third-order valence-corrected chi connectivity index (χ3v) is 5.42. The van der Waals surface area contributed by atoms with Gasteiger partial charge in [-0.25, -0.2) is 9.97 Å². The Kier molecular flexibility index (Phi) is 4.45. The van der Waals surface area contributed by atoms with Gasteiger partial charge in [0.2, 0.25) is 0 Å². The molecular formula is C15H22IN3O. The van der Waals surface area contributed by atoms with Crippen molar-refractivity contribution in [3.05, 3.63) is 15.1 Å². The minimum Gasteiger partial charge on any atom is -0.383 e. The van der Waals surface area contributed by atoms with Crippen LogP contribution >= 0.6 is 22.6 Å². The minimum absolute atomic E-state index is 0.0412. The third kappa shape index (κ3) is 2.93. The van der Waals surface area contributed by atoms with Crippen LogP contribution in [0, 0.1) is 9.49 Å². The molecule has 2 aliphatic rings. The van der Waals surface area contributed by atoms with Crippen LogP contribution in [-0.2, 0) is 4.74 Å². The molecule has 1 aromatic heterocycles. The maximum Gasteiger partial charge on any atom is 0.160 e. The van der Waals surface area contributed by atoms with Gasteiger partial charge in [-0.3, -0.25) is 0 Å². The molecule has 110 valence electrons. The van der Waals surface area contributed by atoms with Gasteiger partial charge in [0.1, 0.15) is 11.9 Å². The third-order valence-electron chi connectivity index (χ3n) is 4.31. The average Bonchev–Trinajstić information content (AvgIpc) is 3.13. The minimum atomic E-state index is 0.0412. The number of nitrogens with zero attached hydrogens (tertiary/aromatic N) is 2. The fraction of sp³-hybridized carbons (Fsp3) is 0.733. The molecule has 0 radical (unpaired) electrons. The van der Waals surface area contributed by atoms with Crippen molar-refractivity contribution < 1.29 is 4.74 Å². The highest BCUT2D eigenvalue weighted by molar-refractivity contribution is 14.1. The van der Waals surface area contributed by atoms with Crippen molar-refractivity contribution in [3.8, 4) is 0 Å². The van der Waals surface area contributed by atoms with Gasteiger partial charge in [-0.1, -0.05) is 12.8 Å². The van der Waals surface area contributed by atoms with Gasteiger partial charge in [0.05, 0.1) is 9.26 Å². The molecule has 0 aliphatic heterocycles. The standard InChI is InChI=1S/C15H22IN3O/c1-2-20-13(10-7-8-10)15-18-12(9-5-3-4-6-9)11(16)14(17)19-15/h9-10,13H,2-8H2,1H3,(H2,17,18,19). The molecule has 0 amide bonds. The molecule has 0 bridgehead atoms. The number of rotatable bonds is 5. The Hall–Kier alpha value is -0.430. The number of aromatic nitrogens is 2. The second-order valence-corrected chi connectivity index (χ2v) is 6.94. The van der Waals surface area contributed by atoms with Gasteiger partial charge >= 0.3 is 0 Å². The van der Waals surface area contributed by atoms with E-state index in [1.54, 1.807) is 0 Å². The highest BCUT2D eigenvalue weighted by Crippen LogP contribution is 2.43. The number of nitrogens with two attached hydrogens (primary N) is 1. The number of ether oxygens (including phenoxy) is 1. The highest BCUT2D eigenvalue weighted by Gasteiger charge is 2.36. The Bertz CT molecular complexity index is 484. The summed E-state index contributed by atoms with van der Waals surface area (Å²) in [5, 5.41) is 0. The molecule has 4 nitrogen and oxygen atoms in total. The van der Waals surface area contributed by atoms with Gasteiger partial charge in [-0.05, 0) is 61.1 Å². The Labute approximate surface area is 134 Å². The molecule has 0 spiro atoms. The molecule has 5 heteroatoms. The van der Waals surface area contributed by atoms with Crippen LogP contribution in [0.3, 0.4) is 0 Å². The molecule has 2 N–H and O–H groups in total. The number of anilines is 1. The van der Waals surface area contributed by atoms with Crippen LogP contribution in [0.5, 0.6) is 0 Å². The fourth-order valence-corrected chi connectivity index (χ4v) is 3.78. The number of hydrogen-bond donors (Lipinski definition) is 1. The topological polar surface area (TPSA) is 61.0 Å². The summed E-state index contributed by atoms with van der Waals surface area (Å²) in [5.41, 5.74) is 7.29. The first-order chi connectivity index (χ1) is 9.70. The van der Waals surface area contributed by atoms with E-state index in [9.17, 15) is 0 Å². The molecular weight excluding hydrogens is 365 g/mol. The largest absolute Gasteiger partial charge is 0.383 e. The van der Waals surface area contributed by atoms with Gasteiger partial charge in [0.15, 0.2) is 5.82 Å². The Morgan fingerprint density at radius 2 is 1.95 bits per heavy atom. The zero-order chi connectivity index (χ0) is 14.1. The lowest BCUT2D eigenvalue weighted by molar-refractivity contribution is 0.0399. The number of hydrogen-bond acceptors (Lipinski definition) is 4. The smallest absolute Gasteiger partial charge is 0.160 e. The maximum absolute atomic E-state index is 6.13. The molecule has 0 aromatic carbocycles. The predicted octanol–water partition coefficient (Wildman–Crippen LogP) is 3.81. The molecule has 1 heterocycles. The van der Waals surface area contributed by atoms with Crippen molar-refractivity contribution in [1.29, 1.82) is 0 Å². The second kappa shape index (κ2) is 6.13. The van der Waals surface area contributed by atoms with Crippen molar-refractivity contribution in [1.82, 2.24) is 9.97 Å². The van der Waals surface area contributed by atoms with E-state index < -0.39 is 0 Å². The van der Waals surface area contributed by atoms with E-state index in [0.717, 1.165) is 15.1 Å². The first-order valence-electron chi connectivity index (χ1n) is 7.65. The van der Waals surface area contributed by atoms with E-state index in [1.807, 2.05) is 6.92 Å². The van der Waals surface area contributed by atoms with Crippen molar-refractivity contribution >= 4 is 28.4 Å². The van der Waals surface area contributed by atoms with Crippen LogP contribution in [0.25, 0.3) is 0 Å². The monoisotopic (exact) mass is 387 g/mol. The maximum atomic E-state index is 6.13. The molecule has 2 aliphatic carbocycles. The van der Waals surface area contributed by atoms with E-state index in [4.69, 9.17) is 15.5 Å². The lowest BCUT2D eigenvalue weighted by Crippen LogP contribution is -2.16. The Balaban J connectivity index is 1.94. The highest BCUT2D eigenvalue weighted by atomic mass is 127. The van der Waals surface area contributed by atoms with Crippen LogP contribution < -0.4 is 5.73 Å². The number of halogens is 1. The van der Waals surface area contributed by atoms with E-state index in [2.05, 4.69) is 27.6 Å². The normalized spacial score (nSPS) is 21.3. The summed E-state index contributed by atoms with van der Waals surface area (Å²) in [6, 6.07) is 0. The van der Waals surface area contributed by atoms with Gasteiger partial charge in [-0.2, -0.15) is 0 Å². The van der Waals surface area contributed by atoms with Gasteiger partial charge in [0.25, 0.3) is 0 Å². The summed E-state index contributed by atoms with van der Waals surface area (Å²) in [5.74, 6) is 2.59. The molecule has 1 atom stereocenters. The first-order valence-corrected chi connectivity index (χ1v) is 8.73. The van der Waals surface area contributed by atoms with Crippen molar-refractivity contribution in [2.75, 3.05) is 12.3 Å². The van der Waals surface area contributed by atoms with Crippen LogP contribution in [0.4, 0.5) is 5.82 Å². The van der Waals surface area contributed by atoms with Crippen molar-refractivity contribution in [2.24, 2.45) is 5.92 Å². The molecule has 2 saturated carbocycles. The van der Waals surface area contributed by atoms with E-state index in [0.29, 0.717) is 24.3 Å². The summed E-state index contributed by atoms with van der Waals surface area (Å²) >= 11 is 2.30. The summed E-state index contributed by atoms with van der Waals surface area (Å²) < 4.78 is 6.93. The molecule has 20 heavy (non-hydrogen) atoms. The average molecular weight is 387 g/mol. The van der Waals surface area contributed by atoms with Crippen LogP contribution in [0.1, 0.15) is 69.0 Å². The van der Waals surface area contributed by atoms with Gasteiger partial charge < -0.3 is 10.5 Å². The fourth-order valence-electron chi connectivity index (χ4n) is 3.10. The lowest BCUT2D eigenvalue weighted by atomic mass is 10.0. The second-order valence-electron chi connectivity index (χ2n) is 5.86. The lowest BCUT2D eigenvalue weighted by Gasteiger charge is -2.19. The van der Waals surface area contributed by atoms with E-state index in [1.165, 1.54) is 38.5 Å². The molecule has 2 fully saturated rings. The zero-order valence-electron chi connectivity index (χ0n) is 11.9. The van der Waals surface area contributed by atoms with Crippen LogP contribution in [0.2, 0.25) is 0 Å². The Morgan fingerprint density at radius 3 is 2.55 bits per heavy atom. The quantitative estimate of drug-likeness (QED) is 0.781. The molecule has 3 rings (SSSR count). The zero-order valence-corrected chi connectivity index (χ0v) is 14.1. The molecule has 1 aromatic rings.